The van der Waals surface area contributed by atoms with E-state index in [2.05, 4.69) is 6.92 Å². The summed E-state index contributed by atoms with van der Waals surface area (Å²) in [6.45, 7) is 3.33. The van der Waals surface area contributed by atoms with Gasteiger partial charge in [0.05, 0.1) is 12.8 Å². The number of methoxy groups -OCH3 is 1. The van der Waals surface area contributed by atoms with E-state index < -0.39 is 10.0 Å². The van der Waals surface area contributed by atoms with E-state index in [-0.39, 0.29) is 10.6 Å². The Morgan fingerprint density at radius 3 is 2.52 bits per heavy atom. The predicted molar refractivity (Wildman–Crippen MR) is 83.8 cm³/mol. The lowest BCUT2D eigenvalue weighted by Gasteiger charge is -2.31. The number of nitrogens with two attached hydrogens (primary N) is 1. The second kappa shape index (κ2) is 6.66. The van der Waals surface area contributed by atoms with Gasteiger partial charge in [-0.15, -0.1) is 0 Å². The van der Waals surface area contributed by atoms with Crippen LogP contribution >= 0.6 is 0 Å². The van der Waals surface area contributed by atoms with Crippen molar-refractivity contribution in [2.75, 3.05) is 25.9 Å². The first kappa shape index (κ1) is 16.1. The molecule has 1 heterocycles. The summed E-state index contributed by atoms with van der Waals surface area (Å²) in [5.41, 5.74) is 6.12. The first-order chi connectivity index (χ1) is 9.98. The van der Waals surface area contributed by atoms with Crippen molar-refractivity contribution in [2.45, 2.75) is 37.5 Å². The van der Waals surface area contributed by atoms with Crippen LogP contribution in [0.3, 0.4) is 0 Å². The second-order valence-electron chi connectivity index (χ2n) is 5.54. The molecule has 6 heteroatoms. The molecule has 5 nitrogen and oxygen atoms in total. The fourth-order valence-electron chi connectivity index (χ4n) is 2.87. The number of hydrogen-bond donors (Lipinski definition) is 1. The van der Waals surface area contributed by atoms with Crippen molar-refractivity contribution in [3.05, 3.63) is 18.2 Å². The molecule has 0 saturated carbocycles. The quantitative estimate of drug-likeness (QED) is 0.848. The van der Waals surface area contributed by atoms with Gasteiger partial charge >= 0.3 is 0 Å². The molecule has 0 amide bonds. The second-order valence-corrected chi connectivity index (χ2v) is 7.45. The molecule has 2 N–H and O–H groups in total. The molecule has 1 aromatic rings. The highest BCUT2D eigenvalue weighted by Crippen LogP contribution is 2.30. The van der Waals surface area contributed by atoms with Gasteiger partial charge in [0.2, 0.25) is 10.0 Å². The van der Waals surface area contributed by atoms with Crippen LogP contribution in [0.2, 0.25) is 0 Å². The summed E-state index contributed by atoms with van der Waals surface area (Å²) in [5, 5.41) is 0. The van der Waals surface area contributed by atoms with E-state index in [9.17, 15) is 8.42 Å². The minimum atomic E-state index is -3.50. The normalized spacial score (nSPS) is 17.8. The number of hydrogen-bond acceptors (Lipinski definition) is 4. The van der Waals surface area contributed by atoms with Crippen molar-refractivity contribution >= 4 is 15.7 Å². The van der Waals surface area contributed by atoms with E-state index in [1.165, 1.54) is 19.6 Å². The molecular weight excluding hydrogens is 288 g/mol. The number of nitrogens with zero attached hydrogens (tertiary/aromatic N) is 1. The standard InChI is InChI=1S/C15H24N2O3S/c1-3-4-12-7-9-17(10-8-12)21(18,19)15-6-5-13(20-2)11-14(15)16/h5-6,11-12H,3-4,7-10,16H2,1-2H3. The van der Waals surface area contributed by atoms with Gasteiger partial charge in [0.15, 0.2) is 0 Å². The van der Waals surface area contributed by atoms with Gasteiger partial charge in [-0.2, -0.15) is 4.31 Å². The highest BCUT2D eigenvalue weighted by atomic mass is 32.2. The third kappa shape index (κ3) is 3.49. The molecule has 1 aromatic carbocycles. The predicted octanol–water partition coefficient (Wildman–Crippen LogP) is 2.48. The molecular formula is C15H24N2O3S. The number of rotatable bonds is 5. The average Bonchev–Trinajstić information content (AvgIpc) is 2.47. The van der Waals surface area contributed by atoms with Crippen LogP contribution in [-0.2, 0) is 10.0 Å². The van der Waals surface area contributed by atoms with E-state index in [1.54, 1.807) is 16.4 Å². The van der Waals surface area contributed by atoms with Crippen LogP contribution in [0.15, 0.2) is 23.1 Å². The molecule has 118 valence electrons. The Labute approximate surface area is 127 Å². The first-order valence-electron chi connectivity index (χ1n) is 7.42. The van der Waals surface area contributed by atoms with Crippen LogP contribution < -0.4 is 10.5 Å². The molecule has 0 bridgehead atoms. The summed E-state index contributed by atoms with van der Waals surface area (Å²) >= 11 is 0. The van der Waals surface area contributed by atoms with Crippen LogP contribution in [0.25, 0.3) is 0 Å². The van der Waals surface area contributed by atoms with Crippen LogP contribution in [0, 0.1) is 5.92 Å². The molecule has 0 unspecified atom stereocenters. The number of anilines is 1. The molecule has 0 aromatic heterocycles. The van der Waals surface area contributed by atoms with Crippen molar-refractivity contribution in [2.24, 2.45) is 5.92 Å². The SMILES string of the molecule is CCCC1CCN(S(=O)(=O)c2ccc(OC)cc2N)CC1. The molecule has 1 saturated heterocycles. The Hall–Kier alpha value is -1.27. The molecule has 0 spiro atoms. The molecule has 0 aliphatic carbocycles. The Kier molecular flexibility index (Phi) is 5.11. The van der Waals surface area contributed by atoms with E-state index >= 15 is 0 Å². The van der Waals surface area contributed by atoms with Crippen LogP contribution in [-0.4, -0.2) is 32.9 Å². The molecule has 0 radical (unpaired) electrons. The topological polar surface area (TPSA) is 72.6 Å². The number of benzene rings is 1. The van der Waals surface area contributed by atoms with Gasteiger partial charge in [0.1, 0.15) is 10.6 Å². The largest absolute Gasteiger partial charge is 0.497 e. The average molecular weight is 312 g/mol. The summed E-state index contributed by atoms with van der Waals surface area (Å²) in [6, 6.07) is 4.71. The van der Waals surface area contributed by atoms with Crippen molar-refractivity contribution in [3.63, 3.8) is 0 Å². The number of nitrogen functional groups attached to an aromatic ring is 1. The fraction of sp³-hybridized carbons (Fsp3) is 0.600. The van der Waals surface area contributed by atoms with E-state index in [0.29, 0.717) is 24.8 Å². The zero-order valence-corrected chi connectivity index (χ0v) is 13.5. The highest BCUT2D eigenvalue weighted by molar-refractivity contribution is 7.89. The maximum Gasteiger partial charge on any atom is 0.245 e. The van der Waals surface area contributed by atoms with E-state index in [1.807, 2.05) is 0 Å². The Morgan fingerprint density at radius 2 is 2.00 bits per heavy atom. The molecule has 2 rings (SSSR count). The maximum atomic E-state index is 12.7. The number of sulfonamides is 1. The Bertz CT molecular complexity index is 579. The molecule has 21 heavy (non-hydrogen) atoms. The van der Waals surface area contributed by atoms with E-state index in [4.69, 9.17) is 10.5 Å². The zero-order valence-electron chi connectivity index (χ0n) is 12.7. The molecule has 1 fully saturated rings. The first-order valence-corrected chi connectivity index (χ1v) is 8.86. The lowest BCUT2D eigenvalue weighted by molar-refractivity contribution is 0.262. The Balaban J connectivity index is 2.16. The zero-order chi connectivity index (χ0) is 15.5. The lowest BCUT2D eigenvalue weighted by Crippen LogP contribution is -2.38. The number of piperidine rings is 1. The van der Waals surface area contributed by atoms with Crippen molar-refractivity contribution in [1.29, 1.82) is 0 Å². The van der Waals surface area contributed by atoms with Crippen LogP contribution in [0.5, 0.6) is 5.75 Å². The molecule has 0 atom stereocenters. The fourth-order valence-corrected chi connectivity index (χ4v) is 4.44. The van der Waals surface area contributed by atoms with Crippen LogP contribution in [0.1, 0.15) is 32.6 Å². The highest BCUT2D eigenvalue weighted by Gasteiger charge is 2.30. The smallest absolute Gasteiger partial charge is 0.245 e. The third-order valence-corrected chi connectivity index (χ3v) is 6.08. The summed E-state index contributed by atoms with van der Waals surface area (Å²) in [7, 11) is -1.97. The van der Waals surface area contributed by atoms with Crippen LogP contribution in [0.4, 0.5) is 5.69 Å². The summed E-state index contributed by atoms with van der Waals surface area (Å²) in [6.07, 6.45) is 4.20. The minimum Gasteiger partial charge on any atom is -0.497 e. The van der Waals surface area contributed by atoms with Gasteiger partial charge < -0.3 is 10.5 Å². The lowest BCUT2D eigenvalue weighted by atomic mass is 9.94. The monoisotopic (exact) mass is 312 g/mol. The molecule has 1 aliphatic rings. The maximum absolute atomic E-state index is 12.7. The summed E-state index contributed by atoms with van der Waals surface area (Å²) in [5.74, 6) is 1.21. The van der Waals surface area contributed by atoms with Crippen molar-refractivity contribution in [1.82, 2.24) is 4.31 Å². The Morgan fingerprint density at radius 1 is 1.33 bits per heavy atom. The van der Waals surface area contributed by atoms with Crippen molar-refractivity contribution in [3.8, 4) is 5.75 Å². The minimum absolute atomic E-state index is 0.178. The van der Waals surface area contributed by atoms with Gasteiger partial charge in [0.25, 0.3) is 0 Å². The van der Waals surface area contributed by atoms with Gasteiger partial charge in [-0.1, -0.05) is 19.8 Å². The van der Waals surface area contributed by atoms with Gasteiger partial charge in [0, 0.05) is 19.2 Å². The third-order valence-electron chi connectivity index (χ3n) is 4.11. The van der Waals surface area contributed by atoms with Gasteiger partial charge in [-0.3, -0.25) is 0 Å². The molecule has 1 aliphatic heterocycles. The summed E-state index contributed by atoms with van der Waals surface area (Å²) < 4.78 is 32.0. The van der Waals surface area contributed by atoms with Crippen molar-refractivity contribution < 1.29 is 13.2 Å². The van der Waals surface area contributed by atoms with Gasteiger partial charge in [-0.25, -0.2) is 8.42 Å². The van der Waals surface area contributed by atoms with E-state index in [0.717, 1.165) is 19.3 Å². The van der Waals surface area contributed by atoms with Gasteiger partial charge in [-0.05, 0) is 30.9 Å². The summed E-state index contributed by atoms with van der Waals surface area (Å²) in [4.78, 5) is 0.178. The number of ether oxygens (including phenoxy) is 1.